The minimum absolute atomic E-state index is 0.122. The number of aromatic nitrogens is 2. The quantitative estimate of drug-likeness (QED) is 0.723. The maximum Gasteiger partial charge on any atom is 0.275 e. The molecule has 5 heteroatoms. The largest absolute Gasteiger partial charge is 0.275 e. The van der Waals surface area contributed by atoms with Gasteiger partial charge in [0.2, 0.25) is 0 Å². The zero-order valence-corrected chi connectivity index (χ0v) is 11.6. The monoisotopic (exact) mass is 296 g/mol. The molecule has 0 bridgehead atoms. The maximum atomic E-state index is 13.9. The number of benzene rings is 1. The summed E-state index contributed by atoms with van der Waals surface area (Å²) < 4.78 is 16.0. The maximum absolute atomic E-state index is 13.9. The van der Waals surface area contributed by atoms with Crippen LogP contribution in [0.4, 0.5) is 4.39 Å². The zero-order chi connectivity index (χ0) is 14.4. The average molecular weight is 296 g/mol. The molecule has 0 saturated carbocycles. The molecule has 0 radical (unpaired) electrons. The molecule has 21 heavy (non-hydrogen) atoms. The highest BCUT2D eigenvalue weighted by molar-refractivity contribution is 7.17. The van der Waals surface area contributed by atoms with Gasteiger partial charge in [-0.05, 0) is 18.2 Å². The molecule has 0 spiro atoms. The summed E-state index contributed by atoms with van der Waals surface area (Å²) in [5.41, 5.74) is 2.38. The molecule has 3 nitrogen and oxygen atoms in total. The number of allylic oxidation sites excluding steroid dienone is 4. The van der Waals surface area contributed by atoms with Gasteiger partial charge >= 0.3 is 0 Å². The standard InChI is InChI=1S/C16H9FN2OS/c17-13-7-2-1-6-11(13)12-8-21-15-14(12)18-9-19(16(15)20)10-4-3-5-10/h1-9H. The van der Waals surface area contributed by atoms with Crippen LogP contribution in [0.2, 0.25) is 0 Å². The molecule has 0 aliphatic heterocycles. The van der Waals surface area contributed by atoms with Crippen molar-refractivity contribution < 1.29 is 4.39 Å². The van der Waals surface area contributed by atoms with Gasteiger partial charge in [0.05, 0.1) is 11.2 Å². The van der Waals surface area contributed by atoms with Crippen molar-refractivity contribution in [2.75, 3.05) is 0 Å². The molecule has 3 aromatic rings. The van der Waals surface area contributed by atoms with Gasteiger partial charge in [0, 0.05) is 16.5 Å². The van der Waals surface area contributed by atoms with Crippen LogP contribution in [0.3, 0.4) is 0 Å². The molecule has 1 aromatic carbocycles. The molecule has 0 N–H and O–H groups in total. The first kappa shape index (κ1) is 12.2. The van der Waals surface area contributed by atoms with Gasteiger partial charge in [-0.25, -0.2) is 9.37 Å². The van der Waals surface area contributed by atoms with Crippen molar-refractivity contribution >= 4 is 27.3 Å². The van der Waals surface area contributed by atoms with Gasteiger partial charge in [0.25, 0.3) is 5.56 Å². The molecule has 0 atom stereocenters. The molecular formula is C16H9FN2OS. The third kappa shape index (κ3) is 1.78. The van der Waals surface area contributed by atoms with Gasteiger partial charge in [0.1, 0.15) is 16.8 Å². The van der Waals surface area contributed by atoms with Crippen molar-refractivity contribution in [2.24, 2.45) is 0 Å². The minimum atomic E-state index is -0.312. The van der Waals surface area contributed by atoms with Crippen LogP contribution >= 0.6 is 11.3 Å². The van der Waals surface area contributed by atoms with Crippen molar-refractivity contribution in [1.82, 2.24) is 9.55 Å². The van der Waals surface area contributed by atoms with Crippen molar-refractivity contribution in [3.63, 3.8) is 0 Å². The highest BCUT2D eigenvalue weighted by atomic mass is 32.1. The van der Waals surface area contributed by atoms with E-state index in [9.17, 15) is 9.18 Å². The first-order valence-corrected chi connectivity index (χ1v) is 7.26. The average Bonchev–Trinajstić information content (AvgIpc) is 2.85. The molecular weight excluding hydrogens is 287 g/mol. The van der Waals surface area contributed by atoms with Gasteiger partial charge in [0.15, 0.2) is 0 Å². The summed E-state index contributed by atoms with van der Waals surface area (Å²) in [4.78, 5) is 16.8. The third-order valence-corrected chi connectivity index (χ3v) is 4.41. The second-order valence-corrected chi connectivity index (χ2v) is 5.56. The number of hydrogen-bond acceptors (Lipinski definition) is 3. The van der Waals surface area contributed by atoms with Crippen molar-refractivity contribution in [2.45, 2.75) is 0 Å². The summed E-state index contributed by atoms with van der Waals surface area (Å²) >= 11 is 1.30. The van der Waals surface area contributed by atoms with Crippen LogP contribution in [0.5, 0.6) is 0 Å². The topological polar surface area (TPSA) is 34.9 Å². The molecule has 102 valence electrons. The smallest absolute Gasteiger partial charge is 0.267 e. The molecule has 1 aliphatic carbocycles. The van der Waals surface area contributed by atoms with Crippen LogP contribution in [0.1, 0.15) is 0 Å². The fourth-order valence-corrected chi connectivity index (χ4v) is 3.25. The second kappa shape index (κ2) is 4.49. The lowest BCUT2D eigenvalue weighted by Gasteiger charge is -2.09. The van der Waals surface area contributed by atoms with Crippen LogP contribution in [0, 0.1) is 5.82 Å². The number of rotatable bonds is 2. The third-order valence-electron chi connectivity index (χ3n) is 3.46. The molecule has 2 aromatic heterocycles. The van der Waals surface area contributed by atoms with E-state index in [1.807, 2.05) is 18.2 Å². The first-order chi connectivity index (χ1) is 10.3. The Hall–Kier alpha value is -2.53. The fourth-order valence-electron chi connectivity index (χ4n) is 2.31. The van der Waals surface area contributed by atoms with E-state index in [1.165, 1.54) is 28.3 Å². The fraction of sp³-hybridized carbons (Fsp3) is 0. The van der Waals surface area contributed by atoms with Crippen LogP contribution in [0.15, 0.2) is 59.0 Å². The van der Waals surface area contributed by atoms with E-state index >= 15 is 0 Å². The Labute approximate surface area is 123 Å². The summed E-state index contributed by atoms with van der Waals surface area (Å²) in [6.07, 6.45) is 7.06. The Bertz CT molecular complexity index is 981. The number of thiophene rings is 1. The molecule has 0 saturated heterocycles. The SMILES string of the molecule is O=c1c2scc(-c3ccccc3F)c2ncn1C1=CC=C1. The Balaban J connectivity index is 1.96. The predicted octanol–water partition coefficient (Wildman–Crippen LogP) is 3.67. The number of halogens is 1. The van der Waals surface area contributed by atoms with Crippen molar-refractivity contribution in [3.05, 3.63) is 70.4 Å². The van der Waals surface area contributed by atoms with E-state index in [1.54, 1.807) is 23.6 Å². The van der Waals surface area contributed by atoms with Crippen molar-refractivity contribution in [1.29, 1.82) is 0 Å². The molecule has 1 aliphatic rings. The van der Waals surface area contributed by atoms with Crippen LogP contribution in [-0.4, -0.2) is 9.55 Å². The molecule has 2 heterocycles. The molecule has 0 amide bonds. The van der Waals surface area contributed by atoms with E-state index in [4.69, 9.17) is 0 Å². The number of nitrogens with zero attached hydrogens (tertiary/aromatic N) is 2. The lowest BCUT2D eigenvalue weighted by atomic mass is 10.1. The Morgan fingerprint density at radius 1 is 1.19 bits per heavy atom. The summed E-state index contributed by atoms with van der Waals surface area (Å²) in [7, 11) is 0. The van der Waals surface area contributed by atoms with Crippen LogP contribution in [0.25, 0.3) is 27.0 Å². The first-order valence-electron chi connectivity index (χ1n) is 6.38. The van der Waals surface area contributed by atoms with Gasteiger partial charge < -0.3 is 0 Å². The number of fused-ring (bicyclic) bond motifs is 1. The number of hydrogen-bond donors (Lipinski definition) is 0. The summed E-state index contributed by atoms with van der Waals surface area (Å²) in [5, 5.41) is 1.78. The second-order valence-electron chi connectivity index (χ2n) is 4.68. The van der Waals surface area contributed by atoms with Crippen LogP contribution in [-0.2, 0) is 0 Å². The Morgan fingerprint density at radius 3 is 2.71 bits per heavy atom. The van der Waals surface area contributed by atoms with Gasteiger partial charge in [-0.1, -0.05) is 24.3 Å². The lowest BCUT2D eigenvalue weighted by molar-refractivity contribution is 0.631. The predicted molar refractivity (Wildman–Crippen MR) is 82.7 cm³/mol. The van der Waals surface area contributed by atoms with E-state index < -0.39 is 0 Å². The Kier molecular flexibility index (Phi) is 2.62. The van der Waals surface area contributed by atoms with Gasteiger partial charge in [-0.2, -0.15) is 0 Å². The van der Waals surface area contributed by atoms with Gasteiger partial charge in [-0.3, -0.25) is 9.36 Å². The Morgan fingerprint density at radius 2 is 2.00 bits per heavy atom. The van der Waals surface area contributed by atoms with Crippen LogP contribution < -0.4 is 5.56 Å². The minimum Gasteiger partial charge on any atom is -0.267 e. The van der Waals surface area contributed by atoms with Gasteiger partial charge in [-0.15, -0.1) is 11.3 Å². The zero-order valence-electron chi connectivity index (χ0n) is 10.8. The van der Waals surface area contributed by atoms with E-state index in [2.05, 4.69) is 4.98 Å². The molecule has 0 unspecified atom stereocenters. The van der Waals surface area contributed by atoms with E-state index in [0.717, 1.165) is 5.70 Å². The summed E-state index contributed by atoms with van der Waals surface area (Å²) in [5.74, 6) is -0.312. The summed E-state index contributed by atoms with van der Waals surface area (Å²) in [6, 6.07) is 6.52. The highest BCUT2D eigenvalue weighted by Crippen LogP contribution is 2.32. The van der Waals surface area contributed by atoms with E-state index in [0.29, 0.717) is 21.3 Å². The molecule has 4 rings (SSSR count). The normalized spacial score (nSPS) is 13.3. The summed E-state index contributed by atoms with van der Waals surface area (Å²) in [6.45, 7) is 0. The lowest BCUT2D eigenvalue weighted by Crippen LogP contribution is -2.19. The molecule has 0 fully saturated rings. The van der Waals surface area contributed by atoms with E-state index in [-0.39, 0.29) is 11.4 Å². The highest BCUT2D eigenvalue weighted by Gasteiger charge is 2.16. The van der Waals surface area contributed by atoms with Crippen molar-refractivity contribution in [3.8, 4) is 11.1 Å².